The van der Waals surface area contributed by atoms with E-state index in [-0.39, 0.29) is 11.9 Å². The normalized spacial score (nSPS) is 18.4. The number of halogens is 1. The quantitative estimate of drug-likeness (QED) is 0.893. The summed E-state index contributed by atoms with van der Waals surface area (Å²) in [4.78, 5) is 12.2. The summed E-state index contributed by atoms with van der Waals surface area (Å²) in [5, 5.41) is 10.6. The number of piperidine rings is 1. The third-order valence-corrected chi connectivity index (χ3v) is 4.10. The highest BCUT2D eigenvalue weighted by Crippen LogP contribution is 2.14. The van der Waals surface area contributed by atoms with Crippen molar-refractivity contribution in [3.05, 3.63) is 46.7 Å². The van der Waals surface area contributed by atoms with Crippen LogP contribution < -0.4 is 10.6 Å². The molecule has 0 radical (unpaired) electrons. The Kier molecular flexibility index (Phi) is 4.36. The van der Waals surface area contributed by atoms with E-state index < -0.39 is 0 Å². The summed E-state index contributed by atoms with van der Waals surface area (Å²) in [6, 6.07) is 8.00. The Morgan fingerprint density at radius 2 is 2.19 bits per heavy atom. The maximum atomic E-state index is 12.2. The number of hydrogen-bond acceptors (Lipinski definition) is 3. The first kappa shape index (κ1) is 14.3. The molecule has 2 aromatic rings. The fourth-order valence-corrected chi connectivity index (χ4v) is 2.68. The number of benzene rings is 1. The Labute approximate surface area is 131 Å². The zero-order chi connectivity index (χ0) is 14.7. The molecule has 21 heavy (non-hydrogen) atoms. The van der Waals surface area contributed by atoms with Crippen LogP contribution in [0.15, 0.2) is 41.1 Å². The summed E-state index contributed by atoms with van der Waals surface area (Å²) in [7, 11) is 0. The molecule has 6 heteroatoms. The number of rotatable bonds is 3. The van der Waals surface area contributed by atoms with Crippen LogP contribution >= 0.6 is 15.9 Å². The van der Waals surface area contributed by atoms with Crippen LogP contribution in [0.4, 0.5) is 0 Å². The van der Waals surface area contributed by atoms with E-state index in [9.17, 15) is 4.79 Å². The van der Waals surface area contributed by atoms with Crippen LogP contribution in [0.25, 0.3) is 5.69 Å². The van der Waals surface area contributed by atoms with Crippen molar-refractivity contribution in [2.24, 2.45) is 0 Å². The van der Waals surface area contributed by atoms with Gasteiger partial charge in [-0.3, -0.25) is 4.79 Å². The maximum Gasteiger partial charge on any atom is 0.254 e. The molecular formula is C15H17BrN4O. The molecule has 1 aliphatic rings. The molecular weight excluding hydrogens is 332 g/mol. The lowest BCUT2D eigenvalue weighted by Crippen LogP contribution is -2.45. The van der Waals surface area contributed by atoms with Crippen LogP contribution in [0.1, 0.15) is 23.2 Å². The van der Waals surface area contributed by atoms with Crippen molar-refractivity contribution in [3.8, 4) is 5.69 Å². The van der Waals surface area contributed by atoms with Crippen molar-refractivity contribution in [2.45, 2.75) is 18.9 Å². The highest BCUT2D eigenvalue weighted by Gasteiger charge is 2.17. The van der Waals surface area contributed by atoms with Gasteiger partial charge < -0.3 is 10.6 Å². The lowest BCUT2D eigenvalue weighted by atomic mass is 10.1. The van der Waals surface area contributed by atoms with Gasteiger partial charge in [0.2, 0.25) is 0 Å². The molecule has 0 aliphatic carbocycles. The van der Waals surface area contributed by atoms with Gasteiger partial charge >= 0.3 is 0 Å². The van der Waals surface area contributed by atoms with Crippen LogP contribution in [0, 0.1) is 0 Å². The topological polar surface area (TPSA) is 59.0 Å². The second-order valence-electron chi connectivity index (χ2n) is 5.17. The first-order chi connectivity index (χ1) is 10.2. The Hall–Kier alpha value is -1.66. The molecule has 1 saturated heterocycles. The van der Waals surface area contributed by atoms with Gasteiger partial charge in [-0.15, -0.1) is 0 Å². The molecule has 1 aromatic carbocycles. The van der Waals surface area contributed by atoms with Gasteiger partial charge in [0.15, 0.2) is 0 Å². The Balaban J connectivity index is 1.69. The number of hydrogen-bond donors (Lipinski definition) is 2. The summed E-state index contributed by atoms with van der Waals surface area (Å²) >= 11 is 3.40. The van der Waals surface area contributed by atoms with Crippen molar-refractivity contribution in [1.29, 1.82) is 0 Å². The second kappa shape index (κ2) is 6.41. The number of aromatic nitrogens is 2. The van der Waals surface area contributed by atoms with Crippen molar-refractivity contribution in [3.63, 3.8) is 0 Å². The first-order valence-corrected chi connectivity index (χ1v) is 7.84. The summed E-state index contributed by atoms with van der Waals surface area (Å²) in [5.41, 5.74) is 1.51. The number of carbonyl (C=O) groups excluding carboxylic acids is 1. The minimum atomic E-state index is -0.0629. The molecule has 0 spiro atoms. The van der Waals surface area contributed by atoms with Crippen LogP contribution in [0.2, 0.25) is 0 Å². The van der Waals surface area contributed by atoms with Crippen molar-refractivity contribution in [1.82, 2.24) is 20.4 Å². The van der Waals surface area contributed by atoms with Gasteiger partial charge in [-0.1, -0.05) is 15.9 Å². The van der Waals surface area contributed by atoms with Crippen molar-refractivity contribution in [2.75, 3.05) is 13.1 Å². The van der Waals surface area contributed by atoms with Crippen molar-refractivity contribution < 1.29 is 4.79 Å². The number of nitrogens with one attached hydrogen (secondary N) is 2. The van der Waals surface area contributed by atoms with Gasteiger partial charge in [-0.25, -0.2) is 4.68 Å². The minimum absolute atomic E-state index is 0.0629. The fraction of sp³-hybridized carbons (Fsp3) is 0.333. The van der Waals surface area contributed by atoms with Crippen LogP contribution in [-0.4, -0.2) is 34.8 Å². The molecule has 1 atom stereocenters. The van der Waals surface area contributed by atoms with Gasteiger partial charge in [0, 0.05) is 23.3 Å². The number of nitrogens with zero attached hydrogens (tertiary/aromatic N) is 2. The molecule has 1 amide bonds. The minimum Gasteiger partial charge on any atom is -0.348 e. The molecule has 110 valence electrons. The summed E-state index contributed by atoms with van der Waals surface area (Å²) < 4.78 is 2.72. The van der Waals surface area contributed by atoms with E-state index >= 15 is 0 Å². The summed E-state index contributed by atoms with van der Waals surface area (Å²) in [6.07, 6.45) is 5.49. The molecule has 5 nitrogen and oxygen atoms in total. The van der Waals surface area contributed by atoms with E-state index in [0.29, 0.717) is 5.56 Å². The van der Waals surface area contributed by atoms with E-state index in [1.807, 2.05) is 24.3 Å². The van der Waals surface area contributed by atoms with Gasteiger partial charge in [-0.05, 0) is 43.7 Å². The molecule has 1 aromatic heterocycles. The number of amides is 1. The van der Waals surface area contributed by atoms with Gasteiger partial charge in [0.05, 0.1) is 17.4 Å². The lowest BCUT2D eigenvalue weighted by molar-refractivity contribution is 0.0930. The largest absolute Gasteiger partial charge is 0.348 e. The van der Waals surface area contributed by atoms with Crippen molar-refractivity contribution >= 4 is 21.8 Å². The molecule has 0 bridgehead atoms. The molecule has 0 unspecified atom stereocenters. The first-order valence-electron chi connectivity index (χ1n) is 7.04. The molecule has 3 rings (SSSR count). The van der Waals surface area contributed by atoms with Crippen LogP contribution in [0.5, 0.6) is 0 Å². The second-order valence-corrected chi connectivity index (χ2v) is 6.08. The number of carbonyl (C=O) groups is 1. The Bertz CT molecular complexity index is 617. The smallest absolute Gasteiger partial charge is 0.254 e. The zero-order valence-corrected chi connectivity index (χ0v) is 13.1. The average molecular weight is 349 g/mol. The molecule has 1 fully saturated rings. The van der Waals surface area contributed by atoms with E-state index in [0.717, 1.165) is 36.1 Å². The third-order valence-electron chi connectivity index (χ3n) is 3.57. The Morgan fingerprint density at radius 3 is 2.90 bits per heavy atom. The standard InChI is InChI=1S/C15H17BrN4O/c16-12-3-5-14(6-4-12)20-10-11(8-18-20)15(21)19-13-2-1-7-17-9-13/h3-6,8,10,13,17H,1-2,7,9H2,(H,19,21)/t13-/m0/s1. The van der Waals surface area contributed by atoms with Crippen LogP contribution in [-0.2, 0) is 0 Å². The lowest BCUT2D eigenvalue weighted by Gasteiger charge is -2.23. The van der Waals surface area contributed by atoms with Gasteiger partial charge in [0.25, 0.3) is 5.91 Å². The molecule has 1 aliphatic heterocycles. The summed E-state index contributed by atoms with van der Waals surface area (Å²) in [6.45, 7) is 1.88. The van der Waals surface area contributed by atoms with E-state index in [2.05, 4.69) is 31.7 Å². The van der Waals surface area contributed by atoms with E-state index in [1.54, 1.807) is 17.1 Å². The van der Waals surface area contributed by atoms with E-state index in [1.165, 1.54) is 0 Å². The molecule has 2 N–H and O–H groups in total. The average Bonchev–Trinajstić information content (AvgIpc) is 2.99. The zero-order valence-electron chi connectivity index (χ0n) is 11.6. The molecule has 2 heterocycles. The SMILES string of the molecule is O=C(N[C@H]1CCCNC1)c1cnn(-c2ccc(Br)cc2)c1. The van der Waals surface area contributed by atoms with Gasteiger partial charge in [0.1, 0.15) is 0 Å². The maximum absolute atomic E-state index is 12.2. The predicted octanol–water partition coefficient (Wildman–Crippen LogP) is 2.12. The van der Waals surface area contributed by atoms with Gasteiger partial charge in [-0.2, -0.15) is 5.10 Å². The predicted molar refractivity (Wildman–Crippen MR) is 84.6 cm³/mol. The monoisotopic (exact) mass is 348 g/mol. The Morgan fingerprint density at radius 1 is 1.38 bits per heavy atom. The third kappa shape index (κ3) is 3.51. The summed E-state index contributed by atoms with van der Waals surface area (Å²) in [5.74, 6) is -0.0629. The fourth-order valence-electron chi connectivity index (χ4n) is 2.42. The highest BCUT2D eigenvalue weighted by atomic mass is 79.9. The highest BCUT2D eigenvalue weighted by molar-refractivity contribution is 9.10. The van der Waals surface area contributed by atoms with Crippen LogP contribution in [0.3, 0.4) is 0 Å². The molecule has 0 saturated carbocycles. The van der Waals surface area contributed by atoms with E-state index in [4.69, 9.17) is 0 Å².